The third kappa shape index (κ3) is 3.17. The minimum atomic E-state index is -0.292. The summed E-state index contributed by atoms with van der Waals surface area (Å²) in [7, 11) is 0. The minimum absolute atomic E-state index is 0.0826. The quantitative estimate of drug-likeness (QED) is 0.501. The Kier molecular flexibility index (Phi) is 3.35. The van der Waals surface area contributed by atoms with Gasteiger partial charge in [0.05, 0.1) is 0 Å². The summed E-state index contributed by atoms with van der Waals surface area (Å²) >= 11 is 0. The van der Waals surface area contributed by atoms with Crippen LogP contribution in [0.2, 0.25) is 0 Å². The van der Waals surface area contributed by atoms with Crippen LogP contribution in [0.3, 0.4) is 0 Å². The van der Waals surface area contributed by atoms with Gasteiger partial charge >= 0.3 is 5.97 Å². The number of esters is 1. The second-order valence-electron chi connectivity index (χ2n) is 5.18. The summed E-state index contributed by atoms with van der Waals surface area (Å²) in [4.78, 5) is 11.1. The van der Waals surface area contributed by atoms with Gasteiger partial charge in [-0.3, -0.25) is 0 Å². The predicted octanol–water partition coefficient (Wildman–Crippen LogP) is 2.93. The van der Waals surface area contributed by atoms with Crippen molar-refractivity contribution in [1.29, 1.82) is 0 Å². The van der Waals surface area contributed by atoms with Crippen molar-refractivity contribution in [2.75, 3.05) is 0 Å². The van der Waals surface area contributed by atoms with E-state index in [1.54, 1.807) is 0 Å². The molecule has 0 saturated heterocycles. The van der Waals surface area contributed by atoms with E-state index < -0.39 is 0 Å². The summed E-state index contributed by atoms with van der Waals surface area (Å²) in [5, 5.41) is 0. The molecule has 1 aliphatic carbocycles. The maximum Gasteiger partial charge on any atom is 0.330 e. The topological polar surface area (TPSA) is 26.3 Å². The molecule has 14 heavy (non-hydrogen) atoms. The Bertz CT molecular complexity index is 230. The summed E-state index contributed by atoms with van der Waals surface area (Å²) in [6.07, 6.45) is 4.50. The van der Waals surface area contributed by atoms with Gasteiger partial charge in [-0.25, -0.2) is 4.79 Å². The molecule has 1 saturated carbocycles. The van der Waals surface area contributed by atoms with Crippen molar-refractivity contribution in [1.82, 2.24) is 0 Å². The second-order valence-corrected chi connectivity index (χ2v) is 5.18. The van der Waals surface area contributed by atoms with E-state index in [4.69, 9.17) is 4.74 Å². The van der Waals surface area contributed by atoms with E-state index in [1.807, 2.05) is 0 Å². The molecule has 0 aliphatic heterocycles. The van der Waals surface area contributed by atoms with Crippen LogP contribution in [0, 0.1) is 11.3 Å². The highest BCUT2D eigenvalue weighted by Crippen LogP contribution is 2.39. The lowest BCUT2D eigenvalue weighted by atomic mass is 9.71. The molecule has 0 aromatic rings. The van der Waals surface area contributed by atoms with Gasteiger partial charge in [0.2, 0.25) is 0 Å². The molecule has 0 N–H and O–H groups in total. The number of carbonyl (C=O) groups excluding carboxylic acids is 1. The van der Waals surface area contributed by atoms with Crippen molar-refractivity contribution < 1.29 is 9.53 Å². The summed E-state index contributed by atoms with van der Waals surface area (Å²) in [5.74, 6) is 0.348. The minimum Gasteiger partial charge on any atom is -0.459 e. The Morgan fingerprint density at radius 1 is 1.50 bits per heavy atom. The molecule has 0 heterocycles. The summed E-state index contributed by atoms with van der Waals surface area (Å²) in [5.41, 5.74) is 0.295. The van der Waals surface area contributed by atoms with Crippen molar-refractivity contribution in [3.05, 3.63) is 12.7 Å². The summed E-state index contributed by atoms with van der Waals surface area (Å²) < 4.78 is 5.29. The monoisotopic (exact) mass is 196 g/mol. The molecule has 1 aliphatic rings. The van der Waals surface area contributed by atoms with Crippen molar-refractivity contribution >= 4 is 5.97 Å². The molecular formula is C12H20O2. The number of rotatable bonds is 2. The number of carbonyl (C=O) groups is 1. The Hall–Kier alpha value is -0.790. The molecule has 2 unspecified atom stereocenters. The van der Waals surface area contributed by atoms with E-state index in [1.165, 1.54) is 12.5 Å². The summed E-state index contributed by atoms with van der Waals surface area (Å²) in [6.45, 7) is 10.1. The smallest absolute Gasteiger partial charge is 0.330 e. The van der Waals surface area contributed by atoms with Crippen LogP contribution < -0.4 is 0 Å². The second kappa shape index (κ2) is 4.16. The molecule has 1 fully saturated rings. The maximum atomic E-state index is 11.1. The lowest BCUT2D eigenvalue weighted by Gasteiger charge is -2.38. The lowest BCUT2D eigenvalue weighted by molar-refractivity contribution is -0.147. The van der Waals surface area contributed by atoms with Gasteiger partial charge in [0.15, 0.2) is 0 Å². The van der Waals surface area contributed by atoms with E-state index in [0.29, 0.717) is 11.3 Å². The van der Waals surface area contributed by atoms with Gasteiger partial charge in [0.1, 0.15) is 6.10 Å². The number of ether oxygens (including phenoxy) is 1. The van der Waals surface area contributed by atoms with Gasteiger partial charge in [-0.15, -0.1) is 0 Å². The van der Waals surface area contributed by atoms with Crippen molar-refractivity contribution in [3.63, 3.8) is 0 Å². The first kappa shape index (κ1) is 11.3. The third-order valence-electron chi connectivity index (χ3n) is 2.80. The van der Waals surface area contributed by atoms with Gasteiger partial charge in [0.25, 0.3) is 0 Å². The van der Waals surface area contributed by atoms with Crippen LogP contribution in [-0.2, 0) is 9.53 Å². The third-order valence-corrected chi connectivity index (χ3v) is 2.80. The van der Waals surface area contributed by atoms with Gasteiger partial charge in [-0.2, -0.15) is 0 Å². The summed E-state index contributed by atoms with van der Waals surface area (Å²) in [6, 6.07) is 0. The van der Waals surface area contributed by atoms with Crippen LogP contribution in [0.5, 0.6) is 0 Å². The predicted molar refractivity (Wildman–Crippen MR) is 56.9 cm³/mol. The van der Waals surface area contributed by atoms with Crippen LogP contribution in [-0.4, -0.2) is 12.1 Å². The first-order valence-electron chi connectivity index (χ1n) is 5.26. The van der Waals surface area contributed by atoms with Crippen molar-refractivity contribution in [2.45, 2.75) is 46.1 Å². The zero-order valence-electron chi connectivity index (χ0n) is 9.38. The molecule has 0 aromatic carbocycles. The first-order chi connectivity index (χ1) is 6.43. The number of hydrogen-bond donors (Lipinski definition) is 0. The van der Waals surface area contributed by atoms with E-state index in [-0.39, 0.29) is 12.1 Å². The average Bonchev–Trinajstić information content (AvgIpc) is 1.99. The highest BCUT2D eigenvalue weighted by Gasteiger charge is 2.33. The molecule has 2 nitrogen and oxygen atoms in total. The molecule has 0 aromatic heterocycles. The van der Waals surface area contributed by atoms with E-state index in [9.17, 15) is 4.79 Å². The van der Waals surface area contributed by atoms with E-state index in [2.05, 4.69) is 27.4 Å². The van der Waals surface area contributed by atoms with Gasteiger partial charge in [-0.1, -0.05) is 27.4 Å². The molecule has 0 amide bonds. The Balaban J connectivity index is 2.54. The normalized spacial score (nSPS) is 30.8. The largest absolute Gasteiger partial charge is 0.459 e. The standard InChI is InChI=1S/C12H20O2/c1-5-11(13)14-10-6-9(2)7-12(3,4)8-10/h5,9-10H,1,6-8H2,2-4H3. The van der Waals surface area contributed by atoms with Gasteiger partial charge in [-0.05, 0) is 30.6 Å². The molecule has 0 spiro atoms. The van der Waals surface area contributed by atoms with Crippen LogP contribution in [0.4, 0.5) is 0 Å². The highest BCUT2D eigenvalue weighted by atomic mass is 16.5. The zero-order chi connectivity index (χ0) is 10.8. The van der Waals surface area contributed by atoms with Crippen molar-refractivity contribution in [2.24, 2.45) is 11.3 Å². The van der Waals surface area contributed by atoms with Crippen LogP contribution >= 0.6 is 0 Å². The van der Waals surface area contributed by atoms with Crippen molar-refractivity contribution in [3.8, 4) is 0 Å². The van der Waals surface area contributed by atoms with Crippen LogP contribution in [0.1, 0.15) is 40.0 Å². The van der Waals surface area contributed by atoms with Crippen LogP contribution in [0.25, 0.3) is 0 Å². The lowest BCUT2D eigenvalue weighted by Crippen LogP contribution is -2.33. The Labute approximate surface area is 86.3 Å². The molecule has 2 heteroatoms. The average molecular weight is 196 g/mol. The van der Waals surface area contributed by atoms with E-state index in [0.717, 1.165) is 12.8 Å². The Morgan fingerprint density at radius 2 is 2.14 bits per heavy atom. The molecule has 80 valence electrons. The first-order valence-corrected chi connectivity index (χ1v) is 5.26. The molecule has 1 rings (SSSR count). The fourth-order valence-corrected chi connectivity index (χ4v) is 2.56. The zero-order valence-corrected chi connectivity index (χ0v) is 9.38. The fourth-order valence-electron chi connectivity index (χ4n) is 2.56. The van der Waals surface area contributed by atoms with Crippen LogP contribution in [0.15, 0.2) is 12.7 Å². The maximum absolute atomic E-state index is 11.1. The van der Waals surface area contributed by atoms with E-state index >= 15 is 0 Å². The molecule has 2 atom stereocenters. The fraction of sp³-hybridized carbons (Fsp3) is 0.750. The SMILES string of the molecule is C=CC(=O)OC1CC(C)CC(C)(C)C1. The molecule has 0 bridgehead atoms. The molecule has 0 radical (unpaired) electrons. The van der Waals surface area contributed by atoms with Gasteiger partial charge < -0.3 is 4.74 Å². The van der Waals surface area contributed by atoms with Gasteiger partial charge in [0, 0.05) is 6.08 Å². The Morgan fingerprint density at radius 3 is 2.64 bits per heavy atom. The molecular weight excluding hydrogens is 176 g/mol. The number of hydrogen-bond acceptors (Lipinski definition) is 2. The highest BCUT2D eigenvalue weighted by molar-refractivity contribution is 5.81.